The van der Waals surface area contributed by atoms with Crippen LogP contribution in [0.2, 0.25) is 0 Å². The van der Waals surface area contributed by atoms with E-state index >= 15 is 0 Å². The number of ether oxygens (including phenoxy) is 2. The van der Waals surface area contributed by atoms with Gasteiger partial charge in [0.2, 0.25) is 0 Å². The Morgan fingerprint density at radius 2 is 1.72 bits per heavy atom. The van der Waals surface area contributed by atoms with Crippen LogP contribution in [0.3, 0.4) is 0 Å². The molecule has 7 nitrogen and oxygen atoms in total. The zero-order valence-electron chi connectivity index (χ0n) is 20.4. The van der Waals surface area contributed by atoms with Gasteiger partial charge in [0.25, 0.3) is 11.5 Å². The van der Waals surface area contributed by atoms with E-state index in [1.807, 2.05) is 4.90 Å². The van der Waals surface area contributed by atoms with E-state index in [0.717, 1.165) is 32.1 Å². The SMILES string of the molecule is COc1cc2c(C(=O)N3CCCCC3)cn(-c3ccc4c(F)cn(C)c4c3)c(=O)c2cc1OC1CC1. The first-order chi connectivity index (χ1) is 17.4. The fourth-order valence-electron chi connectivity index (χ4n) is 5.07. The van der Waals surface area contributed by atoms with Crippen molar-refractivity contribution >= 4 is 27.6 Å². The Morgan fingerprint density at radius 1 is 0.972 bits per heavy atom. The van der Waals surface area contributed by atoms with Gasteiger partial charge in [-0.15, -0.1) is 0 Å². The van der Waals surface area contributed by atoms with Crippen molar-refractivity contribution in [2.24, 2.45) is 7.05 Å². The summed E-state index contributed by atoms with van der Waals surface area (Å²) in [4.78, 5) is 29.4. The number of aryl methyl sites for hydroxylation is 1. The highest BCUT2D eigenvalue weighted by Gasteiger charge is 2.27. The second-order valence-corrected chi connectivity index (χ2v) is 9.73. The molecule has 2 aromatic heterocycles. The number of fused-ring (bicyclic) bond motifs is 2. The van der Waals surface area contributed by atoms with E-state index in [-0.39, 0.29) is 23.4 Å². The van der Waals surface area contributed by atoms with Crippen LogP contribution in [0.15, 0.2) is 47.5 Å². The summed E-state index contributed by atoms with van der Waals surface area (Å²) in [6, 6.07) is 8.58. The van der Waals surface area contributed by atoms with E-state index in [1.54, 1.807) is 55.3 Å². The third-order valence-electron chi connectivity index (χ3n) is 7.20. The number of piperidine rings is 1. The summed E-state index contributed by atoms with van der Waals surface area (Å²) < 4.78 is 29.1. The zero-order chi connectivity index (χ0) is 25.0. The number of aromatic nitrogens is 2. The van der Waals surface area contributed by atoms with Gasteiger partial charge in [0.1, 0.15) is 5.82 Å². The zero-order valence-corrected chi connectivity index (χ0v) is 20.4. The predicted octanol–water partition coefficient (Wildman–Crippen LogP) is 4.80. The Balaban J connectivity index is 1.59. The molecule has 0 N–H and O–H groups in total. The summed E-state index contributed by atoms with van der Waals surface area (Å²) in [6.45, 7) is 1.38. The summed E-state index contributed by atoms with van der Waals surface area (Å²) in [5.74, 6) is 0.566. The van der Waals surface area contributed by atoms with Gasteiger partial charge in [0, 0.05) is 43.3 Å². The lowest BCUT2D eigenvalue weighted by Crippen LogP contribution is -2.36. The van der Waals surface area contributed by atoms with Gasteiger partial charge in [-0.05, 0) is 62.4 Å². The molecule has 1 aliphatic heterocycles. The number of pyridine rings is 1. The molecule has 2 fully saturated rings. The Hall–Kier alpha value is -3.81. The second-order valence-electron chi connectivity index (χ2n) is 9.73. The number of carbonyl (C=O) groups excluding carboxylic acids is 1. The van der Waals surface area contributed by atoms with Crippen molar-refractivity contribution in [1.82, 2.24) is 14.0 Å². The standard InChI is InChI=1S/C28H28FN3O4/c1-30-16-23(29)19-9-6-17(12-24(19)30)32-15-22(27(33)31-10-4-3-5-11-31)20-13-25(35-2)26(36-18-7-8-18)14-21(20)28(32)34/h6,9,12-16,18H,3-5,7-8,10-11H2,1-2H3. The summed E-state index contributed by atoms with van der Waals surface area (Å²) >= 11 is 0. The number of hydrogen-bond donors (Lipinski definition) is 0. The lowest BCUT2D eigenvalue weighted by atomic mass is 10.0. The van der Waals surface area contributed by atoms with Crippen LogP contribution in [0.25, 0.3) is 27.4 Å². The minimum Gasteiger partial charge on any atom is -0.493 e. The first-order valence-electron chi connectivity index (χ1n) is 12.4. The van der Waals surface area contributed by atoms with Crippen molar-refractivity contribution in [2.45, 2.75) is 38.2 Å². The van der Waals surface area contributed by atoms with E-state index in [0.29, 0.717) is 57.5 Å². The van der Waals surface area contributed by atoms with E-state index in [1.165, 1.54) is 10.8 Å². The lowest BCUT2D eigenvalue weighted by Gasteiger charge is -2.27. The molecule has 0 unspecified atom stereocenters. The van der Waals surface area contributed by atoms with Crippen LogP contribution >= 0.6 is 0 Å². The molecule has 6 rings (SSSR count). The fourth-order valence-corrected chi connectivity index (χ4v) is 5.07. The molecule has 2 aromatic carbocycles. The van der Waals surface area contributed by atoms with Gasteiger partial charge in [-0.25, -0.2) is 4.39 Å². The van der Waals surface area contributed by atoms with Crippen LogP contribution < -0.4 is 15.0 Å². The number of nitrogens with zero attached hydrogens (tertiary/aromatic N) is 3. The second kappa shape index (κ2) is 8.69. The number of benzene rings is 2. The number of rotatable bonds is 5. The van der Waals surface area contributed by atoms with E-state index < -0.39 is 0 Å². The van der Waals surface area contributed by atoms with Crippen LogP contribution in [0.1, 0.15) is 42.5 Å². The number of likely N-dealkylation sites (tertiary alicyclic amines) is 1. The molecule has 0 spiro atoms. The summed E-state index contributed by atoms with van der Waals surface area (Å²) in [6.07, 6.45) is 8.10. The van der Waals surface area contributed by atoms with Gasteiger partial charge in [-0.3, -0.25) is 14.2 Å². The van der Waals surface area contributed by atoms with E-state index in [2.05, 4.69) is 0 Å². The number of carbonyl (C=O) groups is 1. The van der Waals surface area contributed by atoms with Crippen molar-refractivity contribution in [2.75, 3.05) is 20.2 Å². The van der Waals surface area contributed by atoms with Crippen LogP contribution in [-0.4, -0.2) is 46.2 Å². The molecule has 186 valence electrons. The predicted molar refractivity (Wildman–Crippen MR) is 136 cm³/mol. The topological polar surface area (TPSA) is 65.7 Å². The molecular formula is C28H28FN3O4. The molecule has 8 heteroatoms. The average molecular weight is 490 g/mol. The molecule has 1 saturated heterocycles. The largest absolute Gasteiger partial charge is 0.493 e. The molecule has 2 aliphatic rings. The third-order valence-corrected chi connectivity index (χ3v) is 7.20. The Kier molecular flexibility index (Phi) is 5.47. The van der Waals surface area contributed by atoms with Crippen molar-refractivity contribution < 1.29 is 18.7 Å². The van der Waals surface area contributed by atoms with Crippen LogP contribution in [-0.2, 0) is 7.05 Å². The quantitative estimate of drug-likeness (QED) is 0.404. The minimum atomic E-state index is -0.320. The van der Waals surface area contributed by atoms with Crippen LogP contribution in [0.5, 0.6) is 11.5 Å². The summed E-state index contributed by atoms with van der Waals surface area (Å²) in [7, 11) is 3.32. The molecule has 0 atom stereocenters. The normalized spacial score (nSPS) is 16.0. The molecule has 1 saturated carbocycles. The lowest BCUT2D eigenvalue weighted by molar-refractivity contribution is 0.0725. The fraction of sp³-hybridized carbons (Fsp3) is 0.357. The number of methoxy groups -OCH3 is 1. The molecule has 3 heterocycles. The number of amides is 1. The highest BCUT2D eigenvalue weighted by Crippen LogP contribution is 2.37. The summed E-state index contributed by atoms with van der Waals surface area (Å²) in [5, 5.41) is 1.40. The van der Waals surface area contributed by atoms with Gasteiger partial charge in [-0.2, -0.15) is 0 Å². The van der Waals surface area contributed by atoms with Gasteiger partial charge in [-0.1, -0.05) is 0 Å². The first-order valence-corrected chi connectivity index (χ1v) is 12.4. The van der Waals surface area contributed by atoms with Crippen molar-refractivity contribution in [3.8, 4) is 17.2 Å². The maximum Gasteiger partial charge on any atom is 0.263 e. The average Bonchev–Trinajstić information content (AvgIpc) is 3.67. The molecule has 1 aliphatic carbocycles. The highest BCUT2D eigenvalue weighted by atomic mass is 19.1. The molecule has 0 bridgehead atoms. The summed E-state index contributed by atoms with van der Waals surface area (Å²) in [5.41, 5.74) is 1.37. The maximum atomic E-state index is 14.3. The van der Waals surface area contributed by atoms with Crippen molar-refractivity contribution in [1.29, 1.82) is 0 Å². The molecule has 4 aromatic rings. The third kappa shape index (κ3) is 3.81. The molecular weight excluding hydrogens is 461 g/mol. The van der Waals surface area contributed by atoms with Crippen LogP contribution in [0, 0.1) is 5.82 Å². The Bertz CT molecular complexity index is 1560. The van der Waals surface area contributed by atoms with E-state index in [9.17, 15) is 14.0 Å². The van der Waals surface area contributed by atoms with Gasteiger partial charge in [0.05, 0.1) is 35.4 Å². The Morgan fingerprint density at radius 3 is 2.44 bits per heavy atom. The van der Waals surface area contributed by atoms with Gasteiger partial charge in [0.15, 0.2) is 11.5 Å². The molecule has 36 heavy (non-hydrogen) atoms. The number of halogens is 1. The molecule has 0 radical (unpaired) electrons. The van der Waals surface area contributed by atoms with Gasteiger partial charge >= 0.3 is 0 Å². The minimum absolute atomic E-state index is 0.114. The highest BCUT2D eigenvalue weighted by molar-refractivity contribution is 6.07. The van der Waals surface area contributed by atoms with Crippen LogP contribution in [0.4, 0.5) is 4.39 Å². The van der Waals surface area contributed by atoms with Crippen molar-refractivity contribution in [3.05, 3.63) is 64.5 Å². The molecule has 1 amide bonds. The first kappa shape index (κ1) is 22.6. The number of hydrogen-bond acceptors (Lipinski definition) is 4. The maximum absolute atomic E-state index is 14.3. The smallest absolute Gasteiger partial charge is 0.263 e. The Labute approximate surface area is 207 Å². The van der Waals surface area contributed by atoms with Gasteiger partial charge < -0.3 is 18.9 Å². The van der Waals surface area contributed by atoms with Crippen molar-refractivity contribution in [3.63, 3.8) is 0 Å². The van der Waals surface area contributed by atoms with E-state index in [4.69, 9.17) is 9.47 Å². The monoisotopic (exact) mass is 489 g/mol.